The predicted molar refractivity (Wildman–Crippen MR) is 133 cm³/mol. The highest BCUT2D eigenvalue weighted by atomic mass is 19.2. The van der Waals surface area contributed by atoms with Crippen molar-refractivity contribution in [1.82, 2.24) is 0 Å². The van der Waals surface area contributed by atoms with Gasteiger partial charge in [0.15, 0.2) is 17.5 Å². The molecule has 0 saturated heterocycles. The number of hydrogen-bond acceptors (Lipinski definition) is 0. The molecule has 0 unspecified atom stereocenters. The molecule has 0 aliphatic heterocycles. The van der Waals surface area contributed by atoms with Crippen LogP contribution < -0.4 is 0 Å². The summed E-state index contributed by atoms with van der Waals surface area (Å²) in [5, 5.41) is 0. The van der Waals surface area contributed by atoms with Crippen molar-refractivity contribution in [2.45, 2.75) is 135 Å². The standard InChI is InChI=1S/C30H47F3/c1-2-3-4-5-6-7-8-9-10-23-11-13-24(14-12-23)15-16-25-17-19-26(20-18-25)27-21-28(31)30(33)29(32)22-27/h21-26H,2-20H2,1H3. The van der Waals surface area contributed by atoms with Gasteiger partial charge in [-0.25, -0.2) is 13.2 Å². The van der Waals surface area contributed by atoms with E-state index < -0.39 is 17.5 Å². The van der Waals surface area contributed by atoms with Crippen molar-refractivity contribution in [2.24, 2.45) is 17.8 Å². The van der Waals surface area contributed by atoms with Crippen LogP contribution in [0, 0.1) is 35.2 Å². The lowest BCUT2D eigenvalue weighted by atomic mass is 9.74. The molecule has 0 bridgehead atoms. The Morgan fingerprint density at radius 2 is 1.00 bits per heavy atom. The quantitative estimate of drug-likeness (QED) is 0.201. The second kappa shape index (κ2) is 14.4. The zero-order valence-electron chi connectivity index (χ0n) is 21.0. The molecule has 3 rings (SSSR count). The van der Waals surface area contributed by atoms with Gasteiger partial charge in [0.05, 0.1) is 0 Å². The van der Waals surface area contributed by atoms with E-state index >= 15 is 0 Å². The van der Waals surface area contributed by atoms with Crippen molar-refractivity contribution in [2.75, 3.05) is 0 Å². The molecule has 0 radical (unpaired) electrons. The van der Waals surface area contributed by atoms with Gasteiger partial charge in [0.25, 0.3) is 0 Å². The first-order valence-electron chi connectivity index (χ1n) is 14.2. The second-order valence-corrected chi connectivity index (χ2v) is 11.2. The van der Waals surface area contributed by atoms with Gasteiger partial charge in [0.2, 0.25) is 0 Å². The molecular weight excluding hydrogens is 417 g/mol. The summed E-state index contributed by atoms with van der Waals surface area (Å²) in [4.78, 5) is 0. The average Bonchev–Trinajstić information content (AvgIpc) is 2.83. The van der Waals surface area contributed by atoms with Gasteiger partial charge in [0, 0.05) is 0 Å². The van der Waals surface area contributed by atoms with Crippen LogP contribution in [0.3, 0.4) is 0 Å². The average molecular weight is 465 g/mol. The molecule has 0 nitrogen and oxygen atoms in total. The van der Waals surface area contributed by atoms with Crippen LogP contribution in [0.2, 0.25) is 0 Å². The highest BCUT2D eigenvalue weighted by Gasteiger charge is 2.26. The monoisotopic (exact) mass is 464 g/mol. The van der Waals surface area contributed by atoms with Gasteiger partial charge < -0.3 is 0 Å². The second-order valence-electron chi connectivity index (χ2n) is 11.2. The van der Waals surface area contributed by atoms with E-state index in [2.05, 4.69) is 6.92 Å². The molecule has 0 amide bonds. The summed E-state index contributed by atoms with van der Waals surface area (Å²) < 4.78 is 40.4. The summed E-state index contributed by atoms with van der Waals surface area (Å²) in [6, 6.07) is 2.41. The number of halogens is 3. The third kappa shape index (κ3) is 8.95. The van der Waals surface area contributed by atoms with Crippen LogP contribution in [0.15, 0.2) is 12.1 Å². The molecule has 0 atom stereocenters. The van der Waals surface area contributed by atoms with Gasteiger partial charge in [-0.1, -0.05) is 103 Å². The summed E-state index contributed by atoms with van der Waals surface area (Å²) in [6.45, 7) is 2.28. The van der Waals surface area contributed by atoms with Crippen LogP contribution in [0.1, 0.15) is 140 Å². The number of benzene rings is 1. The van der Waals surface area contributed by atoms with Crippen LogP contribution in [-0.4, -0.2) is 0 Å². The van der Waals surface area contributed by atoms with E-state index in [0.717, 1.165) is 43.4 Å². The Kier molecular flexibility index (Phi) is 11.6. The van der Waals surface area contributed by atoms with Crippen molar-refractivity contribution >= 4 is 0 Å². The molecule has 2 aliphatic carbocycles. The smallest absolute Gasteiger partial charge is 0.194 e. The van der Waals surface area contributed by atoms with Crippen LogP contribution in [0.4, 0.5) is 13.2 Å². The first-order chi connectivity index (χ1) is 16.1. The molecule has 3 heteroatoms. The summed E-state index contributed by atoms with van der Waals surface area (Å²) in [7, 11) is 0. The fourth-order valence-corrected chi connectivity index (χ4v) is 6.44. The molecule has 0 spiro atoms. The summed E-state index contributed by atoms with van der Waals surface area (Å²) in [6.07, 6.45) is 25.4. The molecule has 0 N–H and O–H groups in total. The zero-order valence-corrected chi connectivity index (χ0v) is 21.0. The minimum atomic E-state index is -1.35. The maximum atomic E-state index is 13.6. The Morgan fingerprint density at radius 3 is 1.52 bits per heavy atom. The van der Waals surface area contributed by atoms with Crippen molar-refractivity contribution in [3.05, 3.63) is 35.1 Å². The fraction of sp³-hybridized carbons (Fsp3) is 0.800. The molecule has 1 aromatic carbocycles. The number of rotatable bonds is 13. The third-order valence-electron chi connectivity index (χ3n) is 8.74. The Labute approximate surface area is 201 Å². The van der Waals surface area contributed by atoms with Gasteiger partial charge in [-0.2, -0.15) is 0 Å². The van der Waals surface area contributed by atoms with Gasteiger partial charge in [-0.05, 0) is 67.1 Å². The summed E-state index contributed by atoms with van der Waals surface area (Å²) in [5.74, 6) is -0.620. The van der Waals surface area contributed by atoms with Crippen molar-refractivity contribution in [1.29, 1.82) is 0 Å². The van der Waals surface area contributed by atoms with Crippen molar-refractivity contribution in [3.63, 3.8) is 0 Å². The van der Waals surface area contributed by atoms with Crippen LogP contribution >= 0.6 is 0 Å². The molecule has 0 heterocycles. The zero-order chi connectivity index (χ0) is 23.5. The number of hydrogen-bond donors (Lipinski definition) is 0. The summed E-state index contributed by atoms with van der Waals surface area (Å²) >= 11 is 0. The summed E-state index contributed by atoms with van der Waals surface area (Å²) in [5.41, 5.74) is 0.639. The maximum absolute atomic E-state index is 13.6. The highest BCUT2D eigenvalue weighted by molar-refractivity contribution is 5.23. The highest BCUT2D eigenvalue weighted by Crippen LogP contribution is 2.40. The van der Waals surface area contributed by atoms with Crippen molar-refractivity contribution in [3.8, 4) is 0 Å². The van der Waals surface area contributed by atoms with Crippen LogP contribution in [-0.2, 0) is 0 Å². The first kappa shape index (κ1) is 26.6. The SMILES string of the molecule is CCCCCCCCCCC1CCC(CCC2CCC(c3cc(F)c(F)c(F)c3)CC2)CC1. The molecular formula is C30H47F3. The van der Waals surface area contributed by atoms with Gasteiger partial charge >= 0.3 is 0 Å². The van der Waals surface area contributed by atoms with E-state index in [1.54, 1.807) is 0 Å². The van der Waals surface area contributed by atoms with Gasteiger partial charge in [-0.3, -0.25) is 0 Å². The lowest BCUT2D eigenvalue weighted by Crippen LogP contribution is -2.18. The minimum Gasteiger partial charge on any atom is -0.204 e. The molecule has 2 fully saturated rings. The molecule has 2 aliphatic rings. The number of unbranched alkanes of at least 4 members (excludes halogenated alkanes) is 7. The van der Waals surface area contributed by atoms with E-state index in [4.69, 9.17) is 0 Å². The van der Waals surface area contributed by atoms with Crippen LogP contribution in [0.25, 0.3) is 0 Å². The third-order valence-corrected chi connectivity index (χ3v) is 8.74. The molecule has 1 aromatic rings. The van der Waals surface area contributed by atoms with E-state index in [1.807, 2.05) is 0 Å². The molecule has 0 aromatic heterocycles. The van der Waals surface area contributed by atoms with Gasteiger partial charge in [-0.15, -0.1) is 0 Å². The normalized spacial score (nSPS) is 25.9. The lowest BCUT2D eigenvalue weighted by Gasteiger charge is -2.32. The Hall–Kier alpha value is -0.990. The molecule has 2 saturated carbocycles. The largest absolute Gasteiger partial charge is 0.204 e. The lowest BCUT2D eigenvalue weighted by molar-refractivity contribution is 0.222. The molecule has 33 heavy (non-hydrogen) atoms. The van der Waals surface area contributed by atoms with E-state index in [0.29, 0.717) is 5.56 Å². The first-order valence-corrected chi connectivity index (χ1v) is 14.2. The van der Waals surface area contributed by atoms with Gasteiger partial charge in [0.1, 0.15) is 0 Å². The molecule has 188 valence electrons. The van der Waals surface area contributed by atoms with E-state index in [9.17, 15) is 13.2 Å². The van der Waals surface area contributed by atoms with E-state index in [-0.39, 0.29) is 5.92 Å². The minimum absolute atomic E-state index is 0.178. The predicted octanol–water partition coefficient (Wildman–Crippen LogP) is 10.5. The van der Waals surface area contributed by atoms with Crippen molar-refractivity contribution < 1.29 is 13.2 Å². The topological polar surface area (TPSA) is 0 Å². The van der Waals surface area contributed by atoms with Crippen LogP contribution in [0.5, 0.6) is 0 Å². The Bertz CT molecular complexity index is 646. The maximum Gasteiger partial charge on any atom is 0.194 e. The van der Waals surface area contributed by atoms with E-state index in [1.165, 1.54) is 108 Å². The Morgan fingerprint density at radius 1 is 0.576 bits per heavy atom. The fourth-order valence-electron chi connectivity index (χ4n) is 6.44. The Balaban J connectivity index is 1.23.